The average Bonchev–Trinajstić information content (AvgIpc) is 2.57. The fourth-order valence-electron chi connectivity index (χ4n) is 2.11. The molecule has 0 aliphatic rings. The molecule has 1 aromatic heterocycles. The van der Waals surface area contributed by atoms with Crippen LogP contribution in [0.25, 0.3) is 11.4 Å². The maximum atomic E-state index is 12.7. The standard InChI is InChI=1S/C16H17Cl3F3N5/c1-27(2)9-3-8-23-14-25-12(24-13(26-14)15(17,18)19)10-4-6-11(7-5-10)16(20,21)22/h4-7H,3,8-9H2,1-2H3,(H,23,24,25,26). The maximum absolute atomic E-state index is 12.7. The van der Waals surface area contributed by atoms with Crippen LogP contribution in [0, 0.1) is 0 Å². The molecule has 27 heavy (non-hydrogen) atoms. The highest BCUT2D eigenvalue weighted by molar-refractivity contribution is 6.66. The summed E-state index contributed by atoms with van der Waals surface area (Å²) in [5.74, 6) is 0.169. The van der Waals surface area contributed by atoms with Gasteiger partial charge >= 0.3 is 6.18 Å². The van der Waals surface area contributed by atoms with Gasteiger partial charge in [0.25, 0.3) is 0 Å². The van der Waals surface area contributed by atoms with Crippen molar-refractivity contribution in [3.8, 4) is 11.4 Å². The molecule has 0 saturated carbocycles. The number of alkyl halides is 6. The van der Waals surface area contributed by atoms with Crippen molar-refractivity contribution in [2.45, 2.75) is 16.4 Å². The minimum absolute atomic E-state index is 0.107. The predicted octanol–water partition coefficient (Wildman–Crippen LogP) is 4.75. The van der Waals surface area contributed by atoms with Crippen molar-refractivity contribution in [2.24, 2.45) is 0 Å². The Bertz CT molecular complexity index is 761. The number of halogens is 6. The summed E-state index contributed by atoms with van der Waals surface area (Å²) in [5, 5.41) is 3.01. The van der Waals surface area contributed by atoms with Crippen LogP contribution in [0.4, 0.5) is 19.1 Å². The molecule has 11 heteroatoms. The van der Waals surface area contributed by atoms with Crippen molar-refractivity contribution in [3.63, 3.8) is 0 Å². The van der Waals surface area contributed by atoms with E-state index in [0.717, 1.165) is 25.1 Å². The highest BCUT2D eigenvalue weighted by Gasteiger charge is 2.31. The second kappa shape index (κ2) is 8.77. The van der Waals surface area contributed by atoms with E-state index in [1.165, 1.54) is 12.1 Å². The molecule has 2 aromatic rings. The van der Waals surface area contributed by atoms with Crippen molar-refractivity contribution in [3.05, 3.63) is 35.7 Å². The van der Waals surface area contributed by atoms with Crippen molar-refractivity contribution in [1.82, 2.24) is 19.9 Å². The molecule has 0 atom stereocenters. The minimum atomic E-state index is -4.43. The van der Waals surface area contributed by atoms with Gasteiger partial charge in [-0.15, -0.1) is 0 Å². The zero-order chi connectivity index (χ0) is 20.2. The lowest BCUT2D eigenvalue weighted by molar-refractivity contribution is -0.137. The van der Waals surface area contributed by atoms with Gasteiger partial charge < -0.3 is 10.2 Å². The number of rotatable bonds is 6. The molecule has 5 nitrogen and oxygen atoms in total. The van der Waals surface area contributed by atoms with Crippen LogP contribution in [0.1, 0.15) is 17.8 Å². The van der Waals surface area contributed by atoms with Crippen molar-refractivity contribution in [1.29, 1.82) is 0 Å². The lowest BCUT2D eigenvalue weighted by atomic mass is 10.1. The molecule has 2 rings (SSSR count). The van der Waals surface area contributed by atoms with Gasteiger partial charge in [0.1, 0.15) is 0 Å². The van der Waals surface area contributed by atoms with Crippen molar-refractivity contribution in [2.75, 3.05) is 32.5 Å². The molecule has 0 unspecified atom stereocenters. The van der Waals surface area contributed by atoms with Crippen molar-refractivity contribution >= 4 is 40.8 Å². The molecule has 0 saturated heterocycles. The molecule has 0 bridgehead atoms. The van der Waals surface area contributed by atoms with Crippen molar-refractivity contribution < 1.29 is 13.2 Å². The molecule has 1 aromatic carbocycles. The first-order valence-corrected chi connectivity index (χ1v) is 9.00. The van der Waals surface area contributed by atoms with E-state index in [4.69, 9.17) is 34.8 Å². The van der Waals surface area contributed by atoms with Gasteiger partial charge in [0, 0.05) is 12.1 Å². The van der Waals surface area contributed by atoms with Crippen LogP contribution in [-0.4, -0.2) is 47.0 Å². The van der Waals surface area contributed by atoms with Crippen LogP contribution in [-0.2, 0) is 9.97 Å². The third kappa shape index (κ3) is 6.64. The first-order chi connectivity index (χ1) is 12.5. The zero-order valence-corrected chi connectivity index (χ0v) is 16.8. The number of hydrogen-bond donors (Lipinski definition) is 1. The van der Waals surface area contributed by atoms with Crippen LogP contribution in [0.15, 0.2) is 24.3 Å². The topological polar surface area (TPSA) is 53.9 Å². The molecule has 0 fully saturated rings. The Labute approximate surface area is 169 Å². The van der Waals surface area contributed by atoms with Gasteiger partial charge in [0.05, 0.1) is 5.56 Å². The monoisotopic (exact) mass is 441 g/mol. The minimum Gasteiger partial charge on any atom is -0.354 e. The Balaban J connectivity index is 2.30. The first kappa shape index (κ1) is 21.9. The Morgan fingerprint density at radius 2 is 1.63 bits per heavy atom. The number of anilines is 1. The van der Waals surface area contributed by atoms with E-state index in [0.29, 0.717) is 12.1 Å². The second-order valence-electron chi connectivity index (χ2n) is 5.96. The lowest BCUT2D eigenvalue weighted by Crippen LogP contribution is -2.18. The molecule has 0 amide bonds. The molecule has 0 aliphatic carbocycles. The Morgan fingerprint density at radius 3 is 2.15 bits per heavy atom. The SMILES string of the molecule is CN(C)CCCNc1nc(-c2ccc(C(F)(F)F)cc2)nc(C(Cl)(Cl)Cl)n1. The zero-order valence-electron chi connectivity index (χ0n) is 14.5. The highest BCUT2D eigenvalue weighted by atomic mass is 35.6. The normalized spacial score (nSPS) is 12.5. The number of hydrogen-bond acceptors (Lipinski definition) is 5. The molecule has 1 heterocycles. The van der Waals surface area contributed by atoms with Gasteiger partial charge in [-0.25, -0.2) is 4.98 Å². The number of nitrogens with zero attached hydrogens (tertiary/aromatic N) is 4. The third-order valence-electron chi connectivity index (χ3n) is 3.42. The summed E-state index contributed by atoms with van der Waals surface area (Å²) in [7, 11) is 3.90. The largest absolute Gasteiger partial charge is 0.416 e. The summed E-state index contributed by atoms with van der Waals surface area (Å²) in [6.07, 6.45) is -3.61. The second-order valence-corrected chi connectivity index (χ2v) is 8.24. The summed E-state index contributed by atoms with van der Waals surface area (Å²) in [5.41, 5.74) is -0.429. The first-order valence-electron chi connectivity index (χ1n) is 7.86. The Kier molecular flexibility index (Phi) is 7.13. The van der Waals surface area contributed by atoms with E-state index in [2.05, 4.69) is 20.3 Å². The molecular weight excluding hydrogens is 426 g/mol. The molecular formula is C16H17Cl3F3N5. The van der Waals surface area contributed by atoms with Gasteiger partial charge in [0.2, 0.25) is 9.74 Å². The molecule has 1 N–H and O–H groups in total. The fraction of sp³-hybridized carbons (Fsp3) is 0.438. The van der Waals surface area contributed by atoms with E-state index in [9.17, 15) is 13.2 Å². The van der Waals surface area contributed by atoms with Crippen LogP contribution in [0.2, 0.25) is 0 Å². The van der Waals surface area contributed by atoms with E-state index in [1.54, 1.807) is 0 Å². The summed E-state index contributed by atoms with van der Waals surface area (Å²) < 4.78 is 36.3. The Morgan fingerprint density at radius 1 is 1.00 bits per heavy atom. The number of aromatic nitrogens is 3. The van der Waals surface area contributed by atoms with Gasteiger partial charge in [-0.05, 0) is 39.2 Å². The third-order valence-corrected chi connectivity index (χ3v) is 3.93. The maximum Gasteiger partial charge on any atom is 0.416 e. The average molecular weight is 443 g/mol. The number of nitrogens with one attached hydrogen (secondary N) is 1. The summed E-state index contributed by atoms with van der Waals surface area (Å²) in [4.78, 5) is 14.4. The highest BCUT2D eigenvalue weighted by Crippen LogP contribution is 2.37. The summed E-state index contributed by atoms with van der Waals surface area (Å²) >= 11 is 17.6. The van der Waals surface area contributed by atoms with Gasteiger partial charge in [-0.1, -0.05) is 46.9 Å². The summed E-state index contributed by atoms with van der Waals surface area (Å²) in [6.45, 7) is 1.41. The molecule has 148 valence electrons. The molecule has 0 aliphatic heterocycles. The quantitative estimate of drug-likeness (QED) is 0.517. The fourth-order valence-corrected chi connectivity index (χ4v) is 2.37. The van der Waals surface area contributed by atoms with Crippen LogP contribution in [0.5, 0.6) is 0 Å². The van der Waals surface area contributed by atoms with Crippen LogP contribution >= 0.6 is 34.8 Å². The molecule has 0 radical (unpaired) electrons. The lowest BCUT2D eigenvalue weighted by Gasteiger charge is -2.14. The van der Waals surface area contributed by atoms with Gasteiger partial charge in [-0.3, -0.25) is 0 Å². The predicted molar refractivity (Wildman–Crippen MR) is 101 cm³/mol. The van der Waals surface area contributed by atoms with E-state index in [-0.39, 0.29) is 17.6 Å². The van der Waals surface area contributed by atoms with E-state index < -0.39 is 15.5 Å². The van der Waals surface area contributed by atoms with Crippen LogP contribution < -0.4 is 5.32 Å². The Hall–Kier alpha value is -1.35. The number of benzene rings is 1. The van der Waals surface area contributed by atoms with Crippen LogP contribution in [0.3, 0.4) is 0 Å². The van der Waals surface area contributed by atoms with E-state index >= 15 is 0 Å². The molecule has 0 spiro atoms. The van der Waals surface area contributed by atoms with E-state index in [1.807, 2.05) is 19.0 Å². The smallest absolute Gasteiger partial charge is 0.354 e. The summed E-state index contributed by atoms with van der Waals surface area (Å²) in [6, 6.07) is 4.41. The van der Waals surface area contributed by atoms with Gasteiger partial charge in [0.15, 0.2) is 11.6 Å². The van der Waals surface area contributed by atoms with Gasteiger partial charge in [-0.2, -0.15) is 23.1 Å².